The van der Waals surface area contributed by atoms with Crippen LogP contribution >= 0.6 is 11.3 Å². The molecule has 2 aromatic heterocycles. The summed E-state index contributed by atoms with van der Waals surface area (Å²) in [5.74, 6) is -1.06. The maximum absolute atomic E-state index is 14.2. The zero-order valence-electron chi connectivity index (χ0n) is 24.8. The van der Waals surface area contributed by atoms with Gasteiger partial charge in [-0.2, -0.15) is 0 Å². The molecule has 1 atom stereocenters. The monoisotopic (exact) mass is 572 g/mol. The summed E-state index contributed by atoms with van der Waals surface area (Å²) >= 11 is 1.03. The van der Waals surface area contributed by atoms with Crippen molar-refractivity contribution in [3.63, 3.8) is 0 Å². The van der Waals surface area contributed by atoms with Gasteiger partial charge in [0.15, 0.2) is 0 Å². The molecule has 2 heterocycles. The molecule has 10 heteroatoms. The number of hydrogen-bond donors (Lipinski definition) is 0. The van der Waals surface area contributed by atoms with E-state index in [4.69, 9.17) is 14.2 Å². The second-order valence-corrected chi connectivity index (χ2v) is 12.7. The van der Waals surface area contributed by atoms with Gasteiger partial charge in [0, 0.05) is 6.61 Å². The maximum atomic E-state index is 14.2. The Morgan fingerprint density at radius 3 is 2.20 bits per heavy atom. The van der Waals surface area contributed by atoms with Crippen molar-refractivity contribution >= 4 is 33.5 Å². The molecule has 3 aromatic rings. The van der Waals surface area contributed by atoms with Crippen molar-refractivity contribution in [3.05, 3.63) is 67.2 Å². The molecule has 1 aromatic carbocycles. The normalized spacial score (nSPS) is 13.1. The van der Waals surface area contributed by atoms with Crippen LogP contribution in [0.3, 0.4) is 0 Å². The van der Waals surface area contributed by atoms with Crippen LogP contribution < -0.4 is 11.2 Å². The first-order chi connectivity index (χ1) is 18.6. The van der Waals surface area contributed by atoms with Gasteiger partial charge >= 0.3 is 17.6 Å². The second kappa shape index (κ2) is 12.1. The van der Waals surface area contributed by atoms with Crippen LogP contribution in [0, 0.1) is 12.8 Å². The van der Waals surface area contributed by atoms with Crippen molar-refractivity contribution in [2.45, 2.75) is 86.1 Å². The first-order valence-corrected chi connectivity index (χ1v) is 14.3. The van der Waals surface area contributed by atoms with Gasteiger partial charge < -0.3 is 14.2 Å². The van der Waals surface area contributed by atoms with Crippen LogP contribution in [-0.2, 0) is 31.1 Å². The molecule has 9 nitrogen and oxygen atoms in total. The molecule has 0 saturated heterocycles. The lowest BCUT2D eigenvalue weighted by Crippen LogP contribution is -2.54. The SMILES string of the molecule is CCOC(=O)c1sc2c(c1C)c(=O)n(C(C)(C)C(=O)OC(C)(C)C)c(=O)n2C[C@@H](OCC(C)C)c1ccccc1. The molecule has 0 aliphatic carbocycles. The molecule has 0 fully saturated rings. The Hall–Kier alpha value is -3.24. The molecule has 0 amide bonds. The van der Waals surface area contributed by atoms with E-state index in [0.717, 1.165) is 21.5 Å². The van der Waals surface area contributed by atoms with Crippen LogP contribution in [0.5, 0.6) is 0 Å². The van der Waals surface area contributed by atoms with Gasteiger partial charge in [0.2, 0.25) is 0 Å². The van der Waals surface area contributed by atoms with Crippen molar-refractivity contribution < 1.29 is 23.8 Å². The van der Waals surface area contributed by atoms with Crippen LogP contribution in [-0.4, -0.2) is 39.9 Å². The number of hydrogen-bond acceptors (Lipinski definition) is 8. The number of thiophene rings is 1. The molecule has 0 bridgehead atoms. The number of aromatic nitrogens is 2. The maximum Gasteiger partial charge on any atom is 0.348 e. The van der Waals surface area contributed by atoms with Gasteiger partial charge in [-0.3, -0.25) is 9.36 Å². The van der Waals surface area contributed by atoms with E-state index in [-0.39, 0.29) is 29.3 Å². The molecule has 0 aliphatic heterocycles. The Labute approximate surface area is 238 Å². The summed E-state index contributed by atoms with van der Waals surface area (Å²) < 4.78 is 19.5. The van der Waals surface area contributed by atoms with Gasteiger partial charge in [-0.25, -0.2) is 19.0 Å². The van der Waals surface area contributed by atoms with E-state index in [1.54, 1.807) is 34.6 Å². The smallest absolute Gasteiger partial charge is 0.348 e. The Balaban J connectivity index is 2.35. The fraction of sp³-hybridized carbons (Fsp3) is 0.533. The zero-order chi connectivity index (χ0) is 30.0. The standard InChI is InChI=1S/C30H40N2O7S/c1-10-37-26(34)23-19(4)22-24(33)32(30(8,9)27(35)39-29(5,6)7)28(36)31(25(22)40-23)16-21(38-17-18(2)3)20-14-12-11-13-15-20/h11-15,18,21H,10,16-17H2,1-9H3/t21-/m1/s1. The van der Waals surface area contributed by atoms with Crippen molar-refractivity contribution in [2.75, 3.05) is 13.2 Å². The minimum atomic E-state index is -1.64. The molecule has 0 radical (unpaired) electrons. The molecule has 0 saturated carbocycles. The average Bonchev–Trinajstić information content (AvgIpc) is 3.20. The number of carbonyl (C=O) groups excluding carboxylic acids is 2. The van der Waals surface area contributed by atoms with E-state index >= 15 is 0 Å². The Morgan fingerprint density at radius 2 is 1.65 bits per heavy atom. The van der Waals surface area contributed by atoms with Gasteiger partial charge in [0.05, 0.1) is 18.5 Å². The first-order valence-electron chi connectivity index (χ1n) is 13.5. The van der Waals surface area contributed by atoms with Gasteiger partial charge in [-0.1, -0.05) is 44.2 Å². The highest BCUT2D eigenvalue weighted by atomic mass is 32.1. The third-order valence-electron chi connectivity index (χ3n) is 6.28. The summed E-state index contributed by atoms with van der Waals surface area (Å²) in [6, 6.07) is 9.50. The van der Waals surface area contributed by atoms with Gasteiger partial charge in [-0.05, 0) is 65.5 Å². The van der Waals surface area contributed by atoms with Crippen molar-refractivity contribution in [1.82, 2.24) is 9.13 Å². The zero-order valence-corrected chi connectivity index (χ0v) is 25.6. The second-order valence-electron chi connectivity index (χ2n) is 11.7. The van der Waals surface area contributed by atoms with Crippen LogP contribution in [0.1, 0.15) is 82.3 Å². The summed E-state index contributed by atoms with van der Waals surface area (Å²) in [5, 5.41) is 0.181. The van der Waals surface area contributed by atoms with Crippen LogP contribution in [0.15, 0.2) is 39.9 Å². The lowest BCUT2D eigenvalue weighted by molar-refractivity contribution is -0.164. The molecule has 218 valence electrons. The highest BCUT2D eigenvalue weighted by Gasteiger charge is 2.39. The number of ether oxygens (including phenoxy) is 3. The van der Waals surface area contributed by atoms with Crippen LogP contribution in [0.2, 0.25) is 0 Å². The molecule has 0 unspecified atom stereocenters. The van der Waals surface area contributed by atoms with E-state index in [1.807, 2.05) is 44.2 Å². The number of nitrogens with zero attached hydrogens (tertiary/aromatic N) is 2. The fourth-order valence-electron chi connectivity index (χ4n) is 4.28. The first kappa shape index (κ1) is 31.3. The molecule has 3 rings (SSSR count). The van der Waals surface area contributed by atoms with Gasteiger partial charge in [0.1, 0.15) is 27.0 Å². The predicted octanol–water partition coefficient (Wildman–Crippen LogP) is 5.20. The highest BCUT2D eigenvalue weighted by Crippen LogP contribution is 2.31. The van der Waals surface area contributed by atoms with E-state index in [0.29, 0.717) is 17.0 Å². The minimum Gasteiger partial charge on any atom is -0.462 e. The fourth-order valence-corrected chi connectivity index (χ4v) is 5.48. The molecule has 0 spiro atoms. The quantitative estimate of drug-likeness (QED) is 0.308. The van der Waals surface area contributed by atoms with Gasteiger partial charge in [0.25, 0.3) is 5.56 Å². The van der Waals surface area contributed by atoms with Crippen molar-refractivity contribution in [1.29, 1.82) is 0 Å². The third kappa shape index (κ3) is 6.55. The molecule has 0 aliphatic rings. The average molecular weight is 573 g/mol. The summed E-state index contributed by atoms with van der Waals surface area (Å²) in [6.45, 7) is 16.2. The topological polar surface area (TPSA) is 106 Å². The summed E-state index contributed by atoms with van der Waals surface area (Å²) in [4.78, 5) is 54.8. The highest BCUT2D eigenvalue weighted by molar-refractivity contribution is 7.20. The Kier molecular flexibility index (Phi) is 9.46. The number of benzene rings is 1. The van der Waals surface area contributed by atoms with Crippen molar-refractivity contribution in [2.24, 2.45) is 5.92 Å². The van der Waals surface area contributed by atoms with Crippen molar-refractivity contribution in [3.8, 4) is 0 Å². The minimum absolute atomic E-state index is 0.0545. The third-order valence-corrected chi connectivity index (χ3v) is 7.58. The Bertz CT molecular complexity index is 1490. The summed E-state index contributed by atoms with van der Waals surface area (Å²) in [6.07, 6.45) is -0.534. The van der Waals surface area contributed by atoms with Crippen LogP contribution in [0.25, 0.3) is 10.2 Å². The summed E-state index contributed by atoms with van der Waals surface area (Å²) in [7, 11) is 0. The van der Waals surface area contributed by atoms with E-state index in [9.17, 15) is 19.2 Å². The predicted molar refractivity (Wildman–Crippen MR) is 156 cm³/mol. The summed E-state index contributed by atoms with van der Waals surface area (Å²) in [5.41, 5.74) is -2.59. The number of aryl methyl sites for hydroxylation is 1. The molecule has 0 N–H and O–H groups in total. The Morgan fingerprint density at radius 1 is 1.02 bits per heavy atom. The largest absolute Gasteiger partial charge is 0.462 e. The van der Waals surface area contributed by atoms with Crippen LogP contribution in [0.4, 0.5) is 0 Å². The lowest BCUT2D eigenvalue weighted by Gasteiger charge is -2.30. The lowest BCUT2D eigenvalue weighted by atomic mass is 10.0. The van der Waals surface area contributed by atoms with E-state index in [1.165, 1.54) is 18.4 Å². The van der Waals surface area contributed by atoms with Gasteiger partial charge in [-0.15, -0.1) is 11.3 Å². The molecular weight excluding hydrogens is 532 g/mol. The van der Waals surface area contributed by atoms with E-state index in [2.05, 4.69) is 0 Å². The van der Waals surface area contributed by atoms with E-state index < -0.39 is 40.4 Å². The number of rotatable bonds is 10. The molecular formula is C30H40N2O7S. The number of fused-ring (bicyclic) bond motifs is 1. The number of carbonyl (C=O) groups is 2. The number of esters is 2. The molecule has 40 heavy (non-hydrogen) atoms.